The Morgan fingerprint density at radius 1 is 1.15 bits per heavy atom. The van der Waals surface area contributed by atoms with Crippen LogP contribution in [0.3, 0.4) is 0 Å². The van der Waals surface area contributed by atoms with Crippen LogP contribution < -0.4 is 10.6 Å². The third kappa shape index (κ3) is 5.68. The number of rotatable bonds is 9. The largest absolute Gasteiger partial charge is 0.481 e. The maximum Gasteiger partial charge on any atom is 0.304 e. The molecule has 142 valence electrons. The van der Waals surface area contributed by atoms with Crippen LogP contribution in [0.15, 0.2) is 35.9 Å². The highest BCUT2D eigenvalue weighted by Crippen LogP contribution is 2.40. The lowest BCUT2D eigenvalue weighted by Crippen LogP contribution is -2.41. The van der Waals surface area contributed by atoms with Crippen LogP contribution in [0.5, 0.6) is 0 Å². The summed E-state index contributed by atoms with van der Waals surface area (Å²) in [6.07, 6.45) is 9.66. The normalized spacial score (nSPS) is 28.7. The van der Waals surface area contributed by atoms with Gasteiger partial charge in [0.1, 0.15) is 0 Å². The molecule has 3 rings (SSSR count). The van der Waals surface area contributed by atoms with E-state index >= 15 is 0 Å². The Labute approximate surface area is 157 Å². The summed E-state index contributed by atoms with van der Waals surface area (Å²) in [6, 6.07) is 12.4. The van der Waals surface area contributed by atoms with Crippen molar-refractivity contribution in [3.63, 3.8) is 0 Å². The molecule has 2 unspecified atom stereocenters. The van der Waals surface area contributed by atoms with Crippen LogP contribution in [0.2, 0.25) is 0 Å². The van der Waals surface area contributed by atoms with Crippen molar-refractivity contribution in [2.45, 2.75) is 70.0 Å². The van der Waals surface area contributed by atoms with E-state index in [1.165, 1.54) is 24.8 Å². The first-order valence-corrected chi connectivity index (χ1v) is 10.1. The van der Waals surface area contributed by atoms with Gasteiger partial charge in [0.2, 0.25) is 0 Å². The molecule has 2 atom stereocenters. The molecule has 4 heteroatoms. The van der Waals surface area contributed by atoms with Crippen molar-refractivity contribution < 1.29 is 9.90 Å². The Hall–Kier alpha value is -1.65. The molecule has 0 saturated heterocycles. The standard InChI is InChI=1S/C22H32N2O2/c1-2-17(14-16-6-4-3-5-7-16)20-15-21(20)24-19-10-8-18(9-11-19)23-13-12-22(25)26/h3-7,14,18-21,23-24H,2,8-13,15H2,1H3,(H,25,26)/b17-14+. The molecule has 0 bridgehead atoms. The van der Waals surface area contributed by atoms with E-state index in [4.69, 9.17) is 5.11 Å². The third-order valence-corrected chi connectivity index (χ3v) is 5.78. The molecule has 0 amide bonds. The fraction of sp³-hybridized carbons (Fsp3) is 0.591. The number of carboxylic acids is 1. The SMILES string of the molecule is CC/C(=C\c1ccccc1)C1CC1NC1CCC(NCCC(=O)O)CC1. The second-order valence-corrected chi connectivity index (χ2v) is 7.75. The van der Waals surface area contributed by atoms with Crippen molar-refractivity contribution in [3.8, 4) is 0 Å². The molecule has 26 heavy (non-hydrogen) atoms. The molecule has 0 radical (unpaired) electrons. The molecule has 1 aromatic rings. The van der Waals surface area contributed by atoms with Crippen LogP contribution in [-0.2, 0) is 4.79 Å². The van der Waals surface area contributed by atoms with Gasteiger partial charge in [0, 0.05) is 24.7 Å². The van der Waals surface area contributed by atoms with Crippen molar-refractivity contribution >= 4 is 12.0 Å². The van der Waals surface area contributed by atoms with Gasteiger partial charge < -0.3 is 15.7 Å². The van der Waals surface area contributed by atoms with Gasteiger partial charge in [0.25, 0.3) is 0 Å². The van der Waals surface area contributed by atoms with Gasteiger partial charge in [0.15, 0.2) is 0 Å². The first-order valence-electron chi connectivity index (χ1n) is 10.1. The van der Waals surface area contributed by atoms with E-state index in [1.807, 2.05) is 0 Å². The lowest BCUT2D eigenvalue weighted by atomic mass is 9.91. The highest BCUT2D eigenvalue weighted by Gasteiger charge is 2.40. The Bertz CT molecular complexity index is 606. The topological polar surface area (TPSA) is 61.4 Å². The quantitative estimate of drug-likeness (QED) is 0.629. The number of benzene rings is 1. The maximum absolute atomic E-state index is 10.6. The fourth-order valence-corrected chi connectivity index (χ4v) is 4.17. The molecule has 2 aliphatic carbocycles. The van der Waals surface area contributed by atoms with Gasteiger partial charge >= 0.3 is 5.97 Å². The van der Waals surface area contributed by atoms with E-state index < -0.39 is 5.97 Å². The van der Waals surface area contributed by atoms with E-state index in [2.05, 4.69) is 54.0 Å². The average molecular weight is 357 g/mol. The first-order chi connectivity index (χ1) is 12.7. The summed E-state index contributed by atoms with van der Waals surface area (Å²) < 4.78 is 0. The van der Waals surface area contributed by atoms with Crippen molar-refractivity contribution in [2.24, 2.45) is 5.92 Å². The Balaban J connectivity index is 1.40. The molecular formula is C22H32N2O2. The van der Waals surface area contributed by atoms with E-state index in [1.54, 1.807) is 5.57 Å². The van der Waals surface area contributed by atoms with Crippen molar-refractivity contribution in [2.75, 3.05) is 6.54 Å². The van der Waals surface area contributed by atoms with Crippen LogP contribution in [0.25, 0.3) is 6.08 Å². The Morgan fingerprint density at radius 2 is 1.85 bits per heavy atom. The second-order valence-electron chi connectivity index (χ2n) is 7.75. The predicted molar refractivity (Wildman–Crippen MR) is 106 cm³/mol. The number of aliphatic carboxylic acids is 1. The summed E-state index contributed by atoms with van der Waals surface area (Å²) in [5.74, 6) is -0.0189. The highest BCUT2D eigenvalue weighted by molar-refractivity contribution is 5.66. The molecule has 1 aromatic carbocycles. The van der Waals surface area contributed by atoms with Crippen LogP contribution in [0.4, 0.5) is 0 Å². The second kappa shape index (κ2) is 9.33. The lowest BCUT2D eigenvalue weighted by molar-refractivity contribution is -0.136. The minimum atomic E-state index is -0.720. The van der Waals surface area contributed by atoms with Crippen molar-refractivity contribution in [1.29, 1.82) is 0 Å². The fourth-order valence-electron chi connectivity index (χ4n) is 4.17. The molecule has 0 aromatic heterocycles. The molecule has 2 fully saturated rings. The molecule has 4 nitrogen and oxygen atoms in total. The van der Waals surface area contributed by atoms with Gasteiger partial charge in [-0.2, -0.15) is 0 Å². The number of carbonyl (C=O) groups is 1. The van der Waals surface area contributed by atoms with Crippen LogP contribution >= 0.6 is 0 Å². The van der Waals surface area contributed by atoms with Gasteiger partial charge in [-0.15, -0.1) is 0 Å². The van der Waals surface area contributed by atoms with Crippen molar-refractivity contribution in [3.05, 3.63) is 41.5 Å². The molecule has 2 aliphatic rings. The molecule has 0 aliphatic heterocycles. The maximum atomic E-state index is 10.6. The highest BCUT2D eigenvalue weighted by atomic mass is 16.4. The zero-order valence-electron chi connectivity index (χ0n) is 15.8. The minimum Gasteiger partial charge on any atom is -0.481 e. The average Bonchev–Trinajstić information content (AvgIpc) is 3.40. The molecule has 0 spiro atoms. The van der Waals surface area contributed by atoms with Gasteiger partial charge in [-0.05, 0) is 50.0 Å². The summed E-state index contributed by atoms with van der Waals surface area (Å²) >= 11 is 0. The van der Waals surface area contributed by atoms with E-state index in [-0.39, 0.29) is 6.42 Å². The molecular weight excluding hydrogens is 324 g/mol. The van der Waals surface area contributed by atoms with E-state index in [0.29, 0.717) is 30.6 Å². The van der Waals surface area contributed by atoms with Gasteiger partial charge in [0.05, 0.1) is 6.42 Å². The van der Waals surface area contributed by atoms with E-state index in [0.717, 1.165) is 19.3 Å². The molecule has 3 N–H and O–H groups in total. The summed E-state index contributed by atoms with van der Waals surface area (Å²) in [4.78, 5) is 10.6. The van der Waals surface area contributed by atoms with E-state index in [9.17, 15) is 4.79 Å². The van der Waals surface area contributed by atoms with Crippen LogP contribution in [0.1, 0.15) is 57.4 Å². The van der Waals surface area contributed by atoms with Crippen LogP contribution in [-0.4, -0.2) is 35.7 Å². The zero-order chi connectivity index (χ0) is 18.4. The molecule has 2 saturated carbocycles. The predicted octanol–water partition coefficient (Wildman–Crippen LogP) is 3.83. The number of hydrogen-bond acceptors (Lipinski definition) is 3. The van der Waals surface area contributed by atoms with Gasteiger partial charge in [-0.3, -0.25) is 4.79 Å². The minimum absolute atomic E-state index is 0.218. The summed E-state index contributed by atoms with van der Waals surface area (Å²) in [7, 11) is 0. The number of carboxylic acid groups (broad SMARTS) is 1. The smallest absolute Gasteiger partial charge is 0.304 e. The number of nitrogens with one attached hydrogen (secondary N) is 2. The third-order valence-electron chi connectivity index (χ3n) is 5.78. The lowest BCUT2D eigenvalue weighted by Gasteiger charge is -2.30. The molecule has 0 heterocycles. The van der Waals surface area contributed by atoms with Crippen molar-refractivity contribution in [1.82, 2.24) is 10.6 Å². The van der Waals surface area contributed by atoms with Crippen LogP contribution in [0, 0.1) is 5.92 Å². The Morgan fingerprint density at radius 3 is 2.50 bits per heavy atom. The zero-order valence-corrected chi connectivity index (χ0v) is 15.8. The summed E-state index contributed by atoms with van der Waals surface area (Å²) in [6.45, 7) is 2.85. The summed E-state index contributed by atoms with van der Waals surface area (Å²) in [5, 5.41) is 16.0. The monoisotopic (exact) mass is 356 g/mol. The first kappa shape index (κ1) is 19.1. The number of hydrogen-bond donors (Lipinski definition) is 3. The van der Waals surface area contributed by atoms with Gasteiger partial charge in [-0.25, -0.2) is 0 Å². The van der Waals surface area contributed by atoms with Gasteiger partial charge in [-0.1, -0.05) is 48.9 Å². The summed E-state index contributed by atoms with van der Waals surface area (Å²) in [5.41, 5.74) is 2.88. The Kier molecular flexibility index (Phi) is 6.86.